The van der Waals surface area contributed by atoms with Gasteiger partial charge in [-0.2, -0.15) is 0 Å². The Hall–Kier alpha value is -2.58. The number of nitrogens with zero attached hydrogens (tertiary/aromatic N) is 3. The minimum absolute atomic E-state index is 0.00465. The van der Waals surface area contributed by atoms with E-state index in [9.17, 15) is 19.5 Å². The zero-order chi connectivity index (χ0) is 30.6. The average molecular weight is 596 g/mol. The van der Waals surface area contributed by atoms with E-state index in [1.165, 1.54) is 0 Å². The third-order valence-corrected chi connectivity index (χ3v) is 11.9. The summed E-state index contributed by atoms with van der Waals surface area (Å²) in [6.07, 6.45) is 6.82. The largest absolute Gasteiger partial charge is 0.394 e. The molecule has 3 amide bonds. The third kappa shape index (κ3) is 5.57. The van der Waals surface area contributed by atoms with Gasteiger partial charge in [0.1, 0.15) is 6.04 Å². The van der Waals surface area contributed by atoms with E-state index in [1.54, 1.807) is 28.8 Å². The number of carbonyl (C=O) groups excluding carboxylic acids is 3. The quantitative estimate of drug-likeness (QED) is 0.296. The number of aliphatic hydroxyl groups excluding tert-OH is 1. The predicted octanol–water partition coefficient (Wildman–Crippen LogP) is 4.76. The van der Waals surface area contributed by atoms with Crippen LogP contribution in [0.2, 0.25) is 0 Å². The second kappa shape index (κ2) is 13.8. The van der Waals surface area contributed by atoms with Crippen LogP contribution in [0.15, 0.2) is 55.6 Å². The van der Waals surface area contributed by atoms with Crippen molar-refractivity contribution in [2.24, 2.45) is 23.7 Å². The predicted molar refractivity (Wildman–Crippen MR) is 170 cm³/mol. The molecule has 2 bridgehead atoms. The van der Waals surface area contributed by atoms with Crippen molar-refractivity contribution < 1.29 is 19.5 Å². The minimum atomic E-state index is -0.734. The summed E-state index contributed by atoms with van der Waals surface area (Å²) in [5.74, 6) is -1.36. The highest BCUT2D eigenvalue weighted by Gasteiger charge is 2.77. The number of fused-ring (bicyclic) bond motifs is 1. The van der Waals surface area contributed by atoms with E-state index >= 15 is 0 Å². The standard InChI is InChI=1S/C34H49N3O4S/c1-7-11-19-35(17-8-2)33(41)30-34-24(6)20-27(42-34)28(29(34)32(40)37(30)26(22-38)23(5)10-4)31(39)36(18-9-3)21-25-15-13-12-14-16-25/h8-9,12-16,23-24,26-30,38H,2-3,7,10-11,17-22H2,1,4-6H3/t23-,24?,26-,27+,28-,29-,30?,34?/m0/s1. The molecule has 1 spiro atoms. The first-order valence-corrected chi connectivity index (χ1v) is 16.5. The van der Waals surface area contributed by atoms with Gasteiger partial charge >= 0.3 is 0 Å². The van der Waals surface area contributed by atoms with Crippen molar-refractivity contribution in [3.63, 3.8) is 0 Å². The van der Waals surface area contributed by atoms with Gasteiger partial charge in [-0.05, 0) is 30.2 Å². The Morgan fingerprint density at radius 2 is 1.81 bits per heavy atom. The Bertz CT molecular complexity index is 1140. The number of thioether (sulfide) groups is 1. The van der Waals surface area contributed by atoms with E-state index in [1.807, 2.05) is 54.0 Å². The van der Waals surface area contributed by atoms with Crippen LogP contribution in [-0.4, -0.2) is 85.8 Å². The molecule has 0 radical (unpaired) electrons. The molecule has 230 valence electrons. The average Bonchev–Trinajstić information content (AvgIpc) is 3.59. The van der Waals surface area contributed by atoms with E-state index in [-0.39, 0.29) is 41.4 Å². The van der Waals surface area contributed by atoms with Gasteiger partial charge in [0.2, 0.25) is 17.7 Å². The highest BCUT2D eigenvalue weighted by atomic mass is 32.2. The summed E-state index contributed by atoms with van der Waals surface area (Å²) >= 11 is 1.70. The number of amides is 3. The van der Waals surface area contributed by atoms with Crippen molar-refractivity contribution in [2.45, 2.75) is 82.0 Å². The first-order chi connectivity index (χ1) is 20.2. The lowest BCUT2D eigenvalue weighted by Gasteiger charge is -2.43. The van der Waals surface area contributed by atoms with Crippen molar-refractivity contribution in [1.29, 1.82) is 0 Å². The molecule has 1 aromatic carbocycles. The Balaban J connectivity index is 1.80. The van der Waals surface area contributed by atoms with E-state index in [4.69, 9.17) is 0 Å². The van der Waals surface area contributed by atoms with Crippen molar-refractivity contribution >= 4 is 29.5 Å². The van der Waals surface area contributed by atoms with Crippen molar-refractivity contribution in [3.8, 4) is 0 Å². The summed E-state index contributed by atoms with van der Waals surface area (Å²) < 4.78 is -0.724. The van der Waals surface area contributed by atoms with E-state index in [0.717, 1.165) is 31.2 Å². The van der Waals surface area contributed by atoms with Crippen LogP contribution in [0, 0.1) is 23.7 Å². The van der Waals surface area contributed by atoms with Gasteiger partial charge in [0, 0.05) is 31.4 Å². The van der Waals surface area contributed by atoms with Gasteiger partial charge in [0.25, 0.3) is 0 Å². The van der Waals surface area contributed by atoms with Gasteiger partial charge in [0.15, 0.2) is 0 Å². The lowest BCUT2D eigenvalue weighted by atomic mass is 9.65. The Morgan fingerprint density at radius 3 is 2.40 bits per heavy atom. The lowest BCUT2D eigenvalue weighted by Crippen LogP contribution is -2.60. The second-order valence-electron chi connectivity index (χ2n) is 12.4. The van der Waals surface area contributed by atoms with Crippen LogP contribution in [0.5, 0.6) is 0 Å². The number of hydrogen-bond donors (Lipinski definition) is 1. The molecular weight excluding hydrogens is 546 g/mol. The fourth-order valence-corrected chi connectivity index (χ4v) is 9.96. The van der Waals surface area contributed by atoms with Gasteiger partial charge in [-0.3, -0.25) is 14.4 Å². The van der Waals surface area contributed by atoms with Crippen LogP contribution >= 0.6 is 11.8 Å². The van der Waals surface area contributed by atoms with Gasteiger partial charge in [-0.25, -0.2) is 0 Å². The summed E-state index contributed by atoms with van der Waals surface area (Å²) in [5.41, 5.74) is 1.02. The lowest BCUT2D eigenvalue weighted by molar-refractivity contribution is -0.148. The molecule has 1 N–H and O–H groups in total. The Kier molecular flexibility index (Phi) is 10.6. The Morgan fingerprint density at radius 1 is 1.14 bits per heavy atom. The molecule has 0 saturated carbocycles. The SMILES string of the molecule is C=CCN(CCCC)C(=O)C1N([C@@H](CO)[C@@H](C)CC)C(=O)[C@@H]2[C@@H](C(=O)N(CC=C)Cc3ccccc3)[C@H]3CC(C)C12S3. The van der Waals surface area contributed by atoms with Gasteiger partial charge in [-0.15, -0.1) is 24.9 Å². The maximum Gasteiger partial charge on any atom is 0.247 e. The monoisotopic (exact) mass is 595 g/mol. The fraction of sp³-hybridized carbons (Fsp3) is 0.618. The highest BCUT2D eigenvalue weighted by molar-refractivity contribution is 8.02. The number of rotatable bonds is 15. The van der Waals surface area contributed by atoms with E-state index in [2.05, 4.69) is 27.0 Å². The summed E-state index contributed by atoms with van der Waals surface area (Å²) in [5, 5.41) is 10.6. The molecule has 8 heteroatoms. The number of benzene rings is 1. The maximum atomic E-state index is 14.7. The van der Waals surface area contributed by atoms with Crippen molar-refractivity contribution in [1.82, 2.24) is 14.7 Å². The van der Waals surface area contributed by atoms with E-state index in [0.29, 0.717) is 26.2 Å². The topological polar surface area (TPSA) is 81.2 Å². The first-order valence-electron chi connectivity index (χ1n) is 15.7. The third-order valence-electron chi connectivity index (χ3n) is 9.87. The van der Waals surface area contributed by atoms with E-state index < -0.39 is 28.7 Å². The van der Waals surface area contributed by atoms with Crippen LogP contribution < -0.4 is 0 Å². The molecule has 1 aromatic rings. The van der Waals surface area contributed by atoms with Crippen molar-refractivity contribution in [2.75, 3.05) is 26.2 Å². The number of hydrogen-bond acceptors (Lipinski definition) is 5. The highest BCUT2D eigenvalue weighted by Crippen LogP contribution is 2.69. The minimum Gasteiger partial charge on any atom is -0.394 e. The maximum absolute atomic E-state index is 14.7. The summed E-state index contributed by atoms with van der Waals surface area (Å²) in [4.78, 5) is 49.2. The van der Waals surface area contributed by atoms with Crippen LogP contribution in [0.4, 0.5) is 0 Å². The number of likely N-dealkylation sites (tertiary alicyclic amines) is 1. The Labute approximate surface area is 256 Å². The van der Waals surface area contributed by atoms with Gasteiger partial charge in [0.05, 0.1) is 29.2 Å². The number of aliphatic hydroxyl groups is 1. The summed E-state index contributed by atoms with van der Waals surface area (Å²) in [6, 6.07) is 8.65. The molecule has 3 aliphatic rings. The molecule has 3 fully saturated rings. The molecule has 3 aliphatic heterocycles. The summed E-state index contributed by atoms with van der Waals surface area (Å²) in [6.45, 7) is 17.7. The van der Waals surface area contributed by atoms with Gasteiger partial charge < -0.3 is 19.8 Å². The zero-order valence-electron chi connectivity index (χ0n) is 25.8. The molecule has 8 atom stereocenters. The van der Waals surface area contributed by atoms with Crippen LogP contribution in [-0.2, 0) is 20.9 Å². The molecule has 7 nitrogen and oxygen atoms in total. The molecule has 3 unspecified atom stereocenters. The normalized spacial score (nSPS) is 29.2. The molecule has 42 heavy (non-hydrogen) atoms. The number of unbranched alkanes of at least 4 members (excludes halogenated alkanes) is 1. The zero-order valence-corrected chi connectivity index (χ0v) is 26.6. The molecule has 4 rings (SSSR count). The molecule has 3 saturated heterocycles. The van der Waals surface area contributed by atoms with Crippen LogP contribution in [0.1, 0.15) is 58.9 Å². The van der Waals surface area contributed by atoms with Crippen molar-refractivity contribution in [3.05, 3.63) is 61.2 Å². The van der Waals surface area contributed by atoms with Crippen LogP contribution in [0.25, 0.3) is 0 Å². The molecule has 0 aromatic heterocycles. The van der Waals surface area contributed by atoms with Crippen LogP contribution in [0.3, 0.4) is 0 Å². The second-order valence-corrected chi connectivity index (χ2v) is 13.9. The molecule has 0 aliphatic carbocycles. The number of carbonyl (C=O) groups is 3. The molecular formula is C34H49N3O4S. The smallest absolute Gasteiger partial charge is 0.247 e. The van der Waals surface area contributed by atoms with Gasteiger partial charge in [-0.1, -0.05) is 83.0 Å². The summed E-state index contributed by atoms with van der Waals surface area (Å²) in [7, 11) is 0. The fourth-order valence-electron chi connectivity index (χ4n) is 7.56. The molecule has 3 heterocycles. The first kappa shape index (κ1) is 32.3.